The van der Waals surface area contributed by atoms with Crippen molar-refractivity contribution in [3.63, 3.8) is 0 Å². The summed E-state index contributed by atoms with van der Waals surface area (Å²) in [5, 5.41) is 0.266. The first-order valence-electron chi connectivity index (χ1n) is 10.9. The molecule has 0 unspecified atom stereocenters. The van der Waals surface area contributed by atoms with E-state index in [1.165, 1.54) is 10.8 Å². The molecule has 0 fully saturated rings. The lowest BCUT2D eigenvalue weighted by Crippen LogP contribution is -2.26. The fourth-order valence-corrected chi connectivity index (χ4v) is 4.98. The molecule has 4 rings (SSSR count). The van der Waals surface area contributed by atoms with Crippen molar-refractivity contribution in [2.45, 2.75) is 38.1 Å². The first kappa shape index (κ1) is 26.0. The van der Waals surface area contributed by atoms with Crippen LogP contribution in [0, 0.1) is 13.8 Å². The summed E-state index contributed by atoms with van der Waals surface area (Å²) in [5.74, 6) is 0. The first-order valence-corrected chi connectivity index (χ1v) is 13.2. The summed E-state index contributed by atoms with van der Waals surface area (Å²) in [6.07, 6.45) is 5.28. The van der Waals surface area contributed by atoms with Crippen LogP contribution in [0.15, 0.2) is 76.9 Å². The van der Waals surface area contributed by atoms with Crippen LogP contribution in [0.3, 0.4) is 0 Å². The lowest BCUT2D eigenvalue weighted by Gasteiger charge is -2.40. The molecule has 0 amide bonds. The molecule has 4 aromatic rings. The molecule has 0 saturated carbocycles. The van der Waals surface area contributed by atoms with E-state index in [1.807, 2.05) is 42.8 Å². The molecule has 0 aliphatic heterocycles. The Kier molecular flexibility index (Phi) is 5.92. The lowest BCUT2D eigenvalue weighted by atomic mass is 10.0. The van der Waals surface area contributed by atoms with Gasteiger partial charge in [-0.05, 0) is 61.7 Å². The second-order valence-corrected chi connectivity index (χ2v) is 11.7. The molecule has 0 aliphatic carbocycles. The van der Waals surface area contributed by atoms with Gasteiger partial charge in [0.2, 0.25) is 0 Å². The summed E-state index contributed by atoms with van der Waals surface area (Å²) in [4.78, 5) is 15.5. The standard InChI is InChI=1S/C25H23ClF5N3OS/c1-16-10-19(4-9-24(16)33-13-17(2)32-15-33)11-21-12-22(26)14-34(25(21)35)18(3)20-5-7-23(8-6-20)36(27,28,29,30)31/h4-10,12-15,18H,11H2,1-3H3/t18-/m0/s1. The van der Waals surface area contributed by atoms with Crippen LogP contribution in [0.25, 0.3) is 5.69 Å². The Morgan fingerprint density at radius 3 is 2.19 bits per heavy atom. The second kappa shape index (κ2) is 8.21. The summed E-state index contributed by atoms with van der Waals surface area (Å²) in [6, 6.07) is 9.17. The number of hydrogen-bond acceptors (Lipinski definition) is 2. The molecule has 0 radical (unpaired) electrons. The van der Waals surface area contributed by atoms with Gasteiger partial charge in [0, 0.05) is 30.1 Å². The average Bonchev–Trinajstić information content (AvgIpc) is 3.20. The quantitative estimate of drug-likeness (QED) is 0.230. The number of benzene rings is 2. The van der Waals surface area contributed by atoms with E-state index in [0.717, 1.165) is 34.6 Å². The topological polar surface area (TPSA) is 39.8 Å². The molecule has 2 heterocycles. The zero-order valence-corrected chi connectivity index (χ0v) is 21.1. The second-order valence-electron chi connectivity index (χ2n) is 8.83. The predicted octanol–water partition coefficient (Wildman–Crippen LogP) is 8.16. The van der Waals surface area contributed by atoms with Gasteiger partial charge in [0.1, 0.15) is 4.90 Å². The van der Waals surface area contributed by atoms with E-state index in [1.54, 1.807) is 19.3 Å². The van der Waals surface area contributed by atoms with Crippen LogP contribution in [-0.4, -0.2) is 14.1 Å². The minimum atomic E-state index is -9.78. The monoisotopic (exact) mass is 543 g/mol. The Morgan fingerprint density at radius 1 is 0.972 bits per heavy atom. The summed E-state index contributed by atoms with van der Waals surface area (Å²) in [6.45, 7) is 5.43. The number of aryl methyl sites for hydroxylation is 2. The summed E-state index contributed by atoms with van der Waals surface area (Å²) >= 11 is 6.27. The van der Waals surface area contributed by atoms with Crippen molar-refractivity contribution in [2.24, 2.45) is 0 Å². The van der Waals surface area contributed by atoms with Crippen LogP contribution < -0.4 is 5.56 Å². The highest BCUT2D eigenvalue weighted by Crippen LogP contribution is 3.02. The van der Waals surface area contributed by atoms with Gasteiger partial charge in [0.15, 0.2) is 0 Å². The third-order valence-electron chi connectivity index (χ3n) is 5.95. The Morgan fingerprint density at radius 2 is 1.64 bits per heavy atom. The van der Waals surface area contributed by atoms with Crippen molar-refractivity contribution < 1.29 is 19.4 Å². The number of aromatic nitrogens is 3. The molecule has 0 aliphatic rings. The van der Waals surface area contributed by atoms with Crippen molar-refractivity contribution >= 4 is 21.8 Å². The smallest absolute Gasteiger partial charge is 0.307 e. The molecule has 2 aromatic carbocycles. The van der Waals surface area contributed by atoms with Gasteiger partial charge >= 0.3 is 10.2 Å². The van der Waals surface area contributed by atoms with Crippen LogP contribution in [0.1, 0.15) is 40.9 Å². The predicted molar refractivity (Wildman–Crippen MR) is 133 cm³/mol. The van der Waals surface area contributed by atoms with Crippen molar-refractivity contribution in [1.82, 2.24) is 14.1 Å². The zero-order chi connectivity index (χ0) is 26.5. The van der Waals surface area contributed by atoms with Crippen molar-refractivity contribution in [3.8, 4) is 5.69 Å². The van der Waals surface area contributed by atoms with Crippen molar-refractivity contribution in [1.29, 1.82) is 0 Å². The Bertz CT molecular complexity index is 1510. The molecule has 0 bridgehead atoms. The highest BCUT2D eigenvalue weighted by molar-refractivity contribution is 8.45. The molecular formula is C25H23ClF5N3OS. The summed E-state index contributed by atoms with van der Waals surface area (Å²) < 4.78 is 68.5. The lowest BCUT2D eigenvalue weighted by molar-refractivity contribution is 0.364. The van der Waals surface area contributed by atoms with Crippen molar-refractivity contribution in [3.05, 3.63) is 111 Å². The molecule has 2 aromatic heterocycles. The molecule has 11 heteroatoms. The third kappa shape index (κ3) is 5.49. The molecular weight excluding hydrogens is 521 g/mol. The van der Waals surface area contributed by atoms with Crippen molar-refractivity contribution in [2.75, 3.05) is 0 Å². The van der Waals surface area contributed by atoms with Crippen LogP contribution in [0.4, 0.5) is 19.4 Å². The molecule has 192 valence electrons. The van der Waals surface area contributed by atoms with Gasteiger partial charge in [-0.3, -0.25) is 4.79 Å². The fourth-order valence-electron chi connectivity index (χ4n) is 4.09. The van der Waals surface area contributed by atoms with Gasteiger partial charge in [-0.25, -0.2) is 4.98 Å². The number of hydrogen-bond donors (Lipinski definition) is 0. The van der Waals surface area contributed by atoms with Crippen LogP contribution in [-0.2, 0) is 6.42 Å². The Labute approximate surface area is 209 Å². The number of pyridine rings is 1. The summed E-state index contributed by atoms with van der Waals surface area (Å²) in [5.41, 5.74) is 3.95. The van der Waals surface area contributed by atoms with Crippen LogP contribution in [0.5, 0.6) is 0 Å². The Balaban J connectivity index is 1.64. The average molecular weight is 544 g/mol. The third-order valence-corrected chi connectivity index (χ3v) is 7.32. The van der Waals surface area contributed by atoms with Gasteiger partial charge in [-0.1, -0.05) is 55.3 Å². The minimum Gasteiger partial charge on any atom is -0.307 e. The van der Waals surface area contributed by atoms with E-state index in [-0.39, 0.29) is 22.6 Å². The maximum absolute atomic E-state index is 13.2. The molecule has 4 nitrogen and oxygen atoms in total. The highest BCUT2D eigenvalue weighted by Gasteiger charge is 2.65. The first-order chi connectivity index (χ1) is 16.5. The minimum absolute atomic E-state index is 0.256. The largest absolute Gasteiger partial charge is 0.310 e. The van der Waals surface area contributed by atoms with Gasteiger partial charge in [0.05, 0.1) is 23.1 Å². The van der Waals surface area contributed by atoms with Crippen LogP contribution >= 0.6 is 21.8 Å². The normalized spacial score (nSPS) is 14.8. The molecule has 1 atom stereocenters. The zero-order valence-electron chi connectivity index (χ0n) is 19.6. The van der Waals surface area contributed by atoms with Gasteiger partial charge in [-0.15, -0.1) is 0 Å². The fraction of sp³-hybridized carbons (Fsp3) is 0.200. The van der Waals surface area contributed by atoms with Gasteiger partial charge in [0.25, 0.3) is 5.56 Å². The molecule has 0 spiro atoms. The van der Waals surface area contributed by atoms with E-state index in [9.17, 15) is 24.2 Å². The number of halogens is 6. The SMILES string of the molecule is Cc1cn(-c2ccc(Cc3cc(Cl)cn([C@@H](C)c4ccc(S(F)(F)(F)(F)F)cc4)c3=O)cc2C)cn1. The van der Waals surface area contributed by atoms with E-state index < -0.39 is 21.2 Å². The van der Waals surface area contributed by atoms with E-state index in [2.05, 4.69) is 4.98 Å². The maximum Gasteiger partial charge on any atom is 0.310 e. The van der Waals surface area contributed by atoms with E-state index >= 15 is 0 Å². The molecule has 0 N–H and O–H groups in total. The van der Waals surface area contributed by atoms with E-state index in [0.29, 0.717) is 17.7 Å². The van der Waals surface area contributed by atoms with Gasteiger partial charge < -0.3 is 9.13 Å². The van der Waals surface area contributed by atoms with Crippen LogP contribution in [0.2, 0.25) is 5.02 Å². The number of nitrogens with zero attached hydrogens (tertiary/aromatic N) is 3. The molecule has 36 heavy (non-hydrogen) atoms. The Hall–Kier alpha value is -3.11. The van der Waals surface area contributed by atoms with Gasteiger partial charge in [-0.2, -0.15) is 0 Å². The summed E-state index contributed by atoms with van der Waals surface area (Å²) in [7, 11) is -9.78. The number of rotatable bonds is 6. The maximum atomic E-state index is 13.2. The molecule has 0 saturated heterocycles. The highest BCUT2D eigenvalue weighted by atomic mass is 35.5. The number of imidazole rings is 1. The van der Waals surface area contributed by atoms with E-state index in [4.69, 9.17) is 11.6 Å².